The van der Waals surface area contributed by atoms with E-state index >= 15 is 0 Å². The van der Waals surface area contributed by atoms with Gasteiger partial charge in [0.15, 0.2) is 0 Å². The van der Waals surface area contributed by atoms with Crippen LogP contribution >= 0.6 is 0 Å². The van der Waals surface area contributed by atoms with E-state index in [4.69, 9.17) is 26.8 Å². The Morgan fingerprint density at radius 2 is 1.47 bits per heavy atom. The van der Waals surface area contributed by atoms with Crippen LogP contribution in [0.5, 0.6) is 0 Å². The lowest BCUT2D eigenvalue weighted by Crippen LogP contribution is -2.39. The number of hydrogen-bond donors (Lipinski definition) is 5. The van der Waals surface area contributed by atoms with Crippen molar-refractivity contribution in [1.29, 1.82) is 0 Å². The average molecular weight is 250 g/mol. The number of carbonyl (C=O) groups is 2. The summed E-state index contributed by atoms with van der Waals surface area (Å²) >= 11 is 0. The predicted octanol–water partition coefficient (Wildman–Crippen LogP) is -0.776. The second kappa shape index (κ2) is 8.91. The molecule has 0 rings (SSSR count). The molecule has 0 spiro atoms. The van der Waals surface area contributed by atoms with Gasteiger partial charge in [0.2, 0.25) is 0 Å². The van der Waals surface area contributed by atoms with Gasteiger partial charge in [-0.05, 0) is 19.3 Å². The summed E-state index contributed by atoms with van der Waals surface area (Å²) in [4.78, 5) is 20.0. The molecule has 0 bridgehead atoms. The Hall–Kier alpha value is -1.18. The fraction of sp³-hybridized carbons (Fsp3) is 0.800. The van der Waals surface area contributed by atoms with Gasteiger partial charge in [-0.2, -0.15) is 0 Å². The van der Waals surface area contributed by atoms with Crippen LogP contribution in [0.4, 0.5) is 0 Å². The summed E-state index contributed by atoms with van der Waals surface area (Å²) in [6.45, 7) is 5.23. The summed E-state index contributed by atoms with van der Waals surface area (Å²) in [5.74, 6) is -1.74. The van der Waals surface area contributed by atoms with Crippen LogP contribution in [-0.2, 0) is 9.59 Å². The zero-order valence-electron chi connectivity index (χ0n) is 10.3. The minimum Gasteiger partial charge on any atom is -0.480 e. The standard InChI is InChI=1S/C6H13NO2.C4H9NO3/c1-4(2)3-5(7)6(8)9;1-2(6)3(5)4(7)8/h4-5H,3,7H2,1-2H3,(H,8,9);2-3,6H,5H2,1H3,(H,7,8)/t5-;/m0./s1. The van der Waals surface area contributed by atoms with Crippen LogP contribution in [0.2, 0.25) is 0 Å². The maximum Gasteiger partial charge on any atom is 0.323 e. The Bertz CT molecular complexity index is 243. The van der Waals surface area contributed by atoms with Gasteiger partial charge in [-0.1, -0.05) is 13.8 Å². The van der Waals surface area contributed by atoms with Gasteiger partial charge in [0.1, 0.15) is 12.1 Å². The minimum absolute atomic E-state index is 0.357. The van der Waals surface area contributed by atoms with Gasteiger partial charge in [0, 0.05) is 0 Å². The van der Waals surface area contributed by atoms with Crippen molar-refractivity contribution in [1.82, 2.24) is 0 Å². The van der Waals surface area contributed by atoms with Crippen molar-refractivity contribution in [3.8, 4) is 0 Å². The van der Waals surface area contributed by atoms with Crippen molar-refractivity contribution >= 4 is 11.9 Å². The highest BCUT2D eigenvalue weighted by atomic mass is 16.4. The largest absolute Gasteiger partial charge is 0.480 e. The molecule has 0 aliphatic carbocycles. The Labute approximate surface area is 100 Å². The molecular formula is C10H22N2O5. The lowest BCUT2D eigenvalue weighted by atomic mass is 10.1. The molecule has 0 aromatic carbocycles. The predicted molar refractivity (Wildman–Crippen MR) is 62.4 cm³/mol. The summed E-state index contributed by atoms with van der Waals surface area (Å²) in [7, 11) is 0. The highest BCUT2D eigenvalue weighted by Gasteiger charge is 2.16. The molecule has 0 aromatic rings. The molecule has 0 saturated heterocycles. The molecule has 0 aliphatic heterocycles. The lowest BCUT2D eigenvalue weighted by Gasteiger charge is -2.07. The first-order chi connectivity index (χ1) is 7.59. The SMILES string of the molecule is CC(C)C[C@H](N)C(=O)O.CC(O)C(N)C(=O)O. The molecular weight excluding hydrogens is 228 g/mol. The van der Waals surface area contributed by atoms with E-state index in [0.717, 1.165) is 0 Å². The van der Waals surface area contributed by atoms with Gasteiger partial charge >= 0.3 is 11.9 Å². The first kappa shape index (κ1) is 18.2. The van der Waals surface area contributed by atoms with Crippen LogP contribution in [-0.4, -0.2) is 45.4 Å². The molecule has 102 valence electrons. The number of rotatable bonds is 5. The van der Waals surface area contributed by atoms with Crippen LogP contribution in [0, 0.1) is 5.92 Å². The molecule has 7 heteroatoms. The fourth-order valence-corrected chi connectivity index (χ4v) is 0.815. The highest BCUT2D eigenvalue weighted by Crippen LogP contribution is 2.01. The second-order valence-electron chi connectivity index (χ2n) is 4.18. The molecule has 3 atom stereocenters. The molecule has 7 nitrogen and oxygen atoms in total. The van der Waals surface area contributed by atoms with E-state index in [1.807, 2.05) is 13.8 Å². The molecule has 2 unspecified atom stereocenters. The molecule has 0 aromatic heterocycles. The lowest BCUT2D eigenvalue weighted by molar-refractivity contribution is -0.141. The van der Waals surface area contributed by atoms with Crippen LogP contribution < -0.4 is 11.5 Å². The van der Waals surface area contributed by atoms with E-state index in [0.29, 0.717) is 12.3 Å². The fourth-order valence-electron chi connectivity index (χ4n) is 0.815. The van der Waals surface area contributed by atoms with Gasteiger partial charge in [-0.3, -0.25) is 9.59 Å². The summed E-state index contributed by atoms with van der Waals surface area (Å²) in [6.07, 6.45) is -0.428. The van der Waals surface area contributed by atoms with Crippen molar-refractivity contribution in [3.63, 3.8) is 0 Å². The van der Waals surface area contributed by atoms with Crippen LogP contribution in [0.1, 0.15) is 27.2 Å². The smallest absolute Gasteiger partial charge is 0.323 e. The maximum absolute atomic E-state index is 10.1. The highest BCUT2D eigenvalue weighted by molar-refractivity contribution is 5.73. The minimum atomic E-state index is -1.18. The van der Waals surface area contributed by atoms with Crippen molar-refractivity contribution in [2.24, 2.45) is 17.4 Å². The third-order valence-corrected chi connectivity index (χ3v) is 1.85. The summed E-state index contributed by atoms with van der Waals surface area (Å²) in [5, 5.41) is 24.9. The van der Waals surface area contributed by atoms with Crippen molar-refractivity contribution in [2.75, 3.05) is 0 Å². The number of carboxylic acid groups (broad SMARTS) is 2. The van der Waals surface area contributed by atoms with Crippen LogP contribution in [0.15, 0.2) is 0 Å². The first-order valence-electron chi connectivity index (χ1n) is 5.24. The van der Waals surface area contributed by atoms with Gasteiger partial charge in [0.25, 0.3) is 0 Å². The van der Waals surface area contributed by atoms with E-state index in [1.165, 1.54) is 6.92 Å². The topological polar surface area (TPSA) is 147 Å². The molecule has 0 fully saturated rings. The van der Waals surface area contributed by atoms with E-state index in [1.54, 1.807) is 0 Å². The number of hydrogen-bond acceptors (Lipinski definition) is 5. The van der Waals surface area contributed by atoms with E-state index in [2.05, 4.69) is 0 Å². The summed E-state index contributed by atoms with van der Waals surface area (Å²) in [5.41, 5.74) is 10.1. The van der Waals surface area contributed by atoms with E-state index in [-0.39, 0.29) is 0 Å². The molecule has 7 N–H and O–H groups in total. The van der Waals surface area contributed by atoms with Gasteiger partial charge in [0.05, 0.1) is 6.10 Å². The zero-order valence-corrected chi connectivity index (χ0v) is 10.3. The summed E-state index contributed by atoms with van der Waals surface area (Å²) in [6, 6.07) is -1.85. The second-order valence-corrected chi connectivity index (χ2v) is 4.18. The van der Waals surface area contributed by atoms with Crippen LogP contribution in [0.25, 0.3) is 0 Å². The van der Waals surface area contributed by atoms with Gasteiger partial charge in [-0.25, -0.2) is 0 Å². The van der Waals surface area contributed by atoms with Gasteiger partial charge < -0.3 is 26.8 Å². The molecule has 0 amide bonds. The maximum atomic E-state index is 10.1. The third kappa shape index (κ3) is 11.1. The Morgan fingerprint density at radius 1 is 1.06 bits per heavy atom. The first-order valence-corrected chi connectivity index (χ1v) is 5.24. The Balaban J connectivity index is 0. The number of aliphatic hydroxyl groups is 1. The molecule has 0 aliphatic rings. The van der Waals surface area contributed by atoms with E-state index < -0.39 is 30.1 Å². The van der Waals surface area contributed by atoms with Crippen molar-refractivity contribution in [2.45, 2.75) is 45.4 Å². The number of carboxylic acids is 2. The number of nitrogens with two attached hydrogens (primary N) is 2. The normalized spacial score (nSPS) is 15.5. The van der Waals surface area contributed by atoms with Gasteiger partial charge in [-0.15, -0.1) is 0 Å². The Kier molecular flexibility index (Phi) is 9.54. The van der Waals surface area contributed by atoms with E-state index in [9.17, 15) is 9.59 Å². The monoisotopic (exact) mass is 250 g/mol. The average Bonchev–Trinajstić information content (AvgIpc) is 2.15. The quantitative estimate of drug-likeness (QED) is 0.430. The Morgan fingerprint density at radius 3 is 1.53 bits per heavy atom. The molecule has 0 radical (unpaired) electrons. The molecule has 17 heavy (non-hydrogen) atoms. The molecule has 0 heterocycles. The summed E-state index contributed by atoms with van der Waals surface area (Å²) < 4.78 is 0. The van der Waals surface area contributed by atoms with Crippen LogP contribution in [0.3, 0.4) is 0 Å². The third-order valence-electron chi connectivity index (χ3n) is 1.85. The van der Waals surface area contributed by atoms with Crippen molar-refractivity contribution < 1.29 is 24.9 Å². The van der Waals surface area contributed by atoms with Crippen molar-refractivity contribution in [3.05, 3.63) is 0 Å². The number of aliphatic hydroxyl groups excluding tert-OH is 1. The zero-order chi connectivity index (χ0) is 14.2. The number of aliphatic carboxylic acids is 2. The molecule has 0 saturated carbocycles.